The predicted octanol–water partition coefficient (Wildman–Crippen LogP) is 1.50. The molecule has 0 aliphatic carbocycles. The van der Waals surface area contributed by atoms with Crippen molar-refractivity contribution < 1.29 is 9.84 Å². The molecule has 0 spiro atoms. The van der Waals surface area contributed by atoms with Gasteiger partial charge in [-0.2, -0.15) is 0 Å². The molecule has 1 aliphatic rings. The summed E-state index contributed by atoms with van der Waals surface area (Å²) in [5, 5.41) is 10.1. The molecule has 1 heterocycles. The van der Waals surface area contributed by atoms with Crippen molar-refractivity contribution in [3.63, 3.8) is 0 Å². The van der Waals surface area contributed by atoms with Gasteiger partial charge in [0.05, 0.1) is 18.3 Å². The third-order valence-corrected chi connectivity index (χ3v) is 3.31. The summed E-state index contributed by atoms with van der Waals surface area (Å²) in [6.07, 6.45) is 0.315. The van der Waals surface area contributed by atoms with Crippen LogP contribution >= 0.6 is 0 Å². The first-order chi connectivity index (χ1) is 8.58. The molecular weight excluding hydrogens is 228 g/mol. The maximum absolute atomic E-state index is 10.1. The zero-order valence-electron chi connectivity index (χ0n) is 11.4. The molecule has 1 unspecified atom stereocenters. The van der Waals surface area contributed by atoms with Gasteiger partial charge in [0.15, 0.2) is 0 Å². The summed E-state index contributed by atoms with van der Waals surface area (Å²) >= 11 is 0. The highest BCUT2D eigenvalue weighted by Gasteiger charge is 2.17. The number of benzene rings is 1. The van der Waals surface area contributed by atoms with Crippen molar-refractivity contribution in [3.8, 4) is 5.75 Å². The van der Waals surface area contributed by atoms with Crippen LogP contribution in [0.25, 0.3) is 0 Å². The van der Waals surface area contributed by atoms with Crippen LogP contribution in [-0.2, 0) is 0 Å². The van der Waals surface area contributed by atoms with E-state index in [0.29, 0.717) is 6.61 Å². The van der Waals surface area contributed by atoms with E-state index in [4.69, 9.17) is 4.74 Å². The van der Waals surface area contributed by atoms with Crippen molar-refractivity contribution in [1.82, 2.24) is 4.90 Å². The first-order valence-electron chi connectivity index (χ1n) is 6.38. The number of rotatable bonds is 4. The number of aliphatic hydroxyl groups excluding tert-OH is 1. The summed E-state index contributed by atoms with van der Waals surface area (Å²) in [6, 6.07) is 5.98. The van der Waals surface area contributed by atoms with E-state index >= 15 is 0 Å². The first-order valence-corrected chi connectivity index (χ1v) is 6.38. The smallest absolute Gasteiger partial charge is 0.143 e. The second-order valence-electron chi connectivity index (χ2n) is 5.10. The summed E-state index contributed by atoms with van der Waals surface area (Å²) < 4.78 is 5.65. The van der Waals surface area contributed by atoms with Gasteiger partial charge in [0, 0.05) is 13.6 Å². The van der Waals surface area contributed by atoms with E-state index in [-0.39, 0.29) is 0 Å². The number of likely N-dealkylation sites (N-methyl/N-ethyl adjacent to an activating group) is 1. The van der Waals surface area contributed by atoms with Gasteiger partial charge in [0.1, 0.15) is 12.4 Å². The van der Waals surface area contributed by atoms with Crippen LogP contribution in [0, 0.1) is 0 Å². The molecule has 1 atom stereocenters. The molecule has 0 radical (unpaired) electrons. The quantitative estimate of drug-likeness (QED) is 0.878. The molecule has 100 valence electrons. The number of hydrogen-bond acceptors (Lipinski definition) is 4. The second-order valence-corrected chi connectivity index (χ2v) is 5.10. The largest absolute Gasteiger partial charge is 0.490 e. The maximum atomic E-state index is 10.1. The molecule has 0 saturated heterocycles. The zero-order chi connectivity index (χ0) is 13.1. The third-order valence-electron chi connectivity index (χ3n) is 3.31. The van der Waals surface area contributed by atoms with E-state index in [1.165, 1.54) is 0 Å². The Bertz CT molecular complexity index is 407. The van der Waals surface area contributed by atoms with Gasteiger partial charge >= 0.3 is 0 Å². The highest BCUT2D eigenvalue weighted by Crippen LogP contribution is 2.33. The van der Waals surface area contributed by atoms with Crippen LogP contribution in [0.1, 0.15) is 18.1 Å². The standard InChI is InChI=1S/C14H22N2O2/c1-15(2)7-6-13(17)11-4-5-12-14(10-11)18-9-8-16(12)3/h4-5,10,13,17H,6-9H2,1-3H3. The van der Waals surface area contributed by atoms with Crippen LogP contribution in [-0.4, -0.2) is 50.8 Å². The number of ether oxygens (including phenoxy) is 1. The Morgan fingerprint density at radius 1 is 1.44 bits per heavy atom. The number of fused-ring (bicyclic) bond motifs is 1. The predicted molar refractivity (Wildman–Crippen MR) is 73.3 cm³/mol. The van der Waals surface area contributed by atoms with Crippen molar-refractivity contribution >= 4 is 5.69 Å². The van der Waals surface area contributed by atoms with Gasteiger partial charge in [-0.25, -0.2) is 0 Å². The van der Waals surface area contributed by atoms with Crippen molar-refractivity contribution in [1.29, 1.82) is 0 Å². The molecule has 0 saturated carbocycles. The lowest BCUT2D eigenvalue weighted by atomic mass is 10.0. The van der Waals surface area contributed by atoms with Gasteiger partial charge in [-0.05, 0) is 38.2 Å². The van der Waals surface area contributed by atoms with E-state index in [2.05, 4.69) is 16.8 Å². The minimum atomic E-state index is -0.423. The summed E-state index contributed by atoms with van der Waals surface area (Å²) in [4.78, 5) is 4.25. The average molecular weight is 250 g/mol. The Labute approximate surface area is 109 Å². The number of nitrogens with zero attached hydrogens (tertiary/aromatic N) is 2. The molecular formula is C14H22N2O2. The SMILES string of the molecule is CN(C)CCC(O)c1ccc2c(c1)OCCN2C. The van der Waals surface area contributed by atoms with Gasteiger partial charge in [-0.1, -0.05) is 6.07 Å². The van der Waals surface area contributed by atoms with Crippen LogP contribution < -0.4 is 9.64 Å². The lowest BCUT2D eigenvalue weighted by Gasteiger charge is -2.28. The molecule has 1 aliphatic heterocycles. The monoisotopic (exact) mass is 250 g/mol. The van der Waals surface area contributed by atoms with E-state index < -0.39 is 6.10 Å². The fraction of sp³-hybridized carbons (Fsp3) is 0.571. The normalized spacial score (nSPS) is 16.4. The van der Waals surface area contributed by atoms with Crippen LogP contribution in [0.5, 0.6) is 5.75 Å². The second kappa shape index (κ2) is 5.59. The Morgan fingerprint density at radius 2 is 2.22 bits per heavy atom. The van der Waals surface area contributed by atoms with Gasteiger partial charge in [0.25, 0.3) is 0 Å². The molecule has 0 aromatic heterocycles. The number of anilines is 1. The number of hydrogen-bond donors (Lipinski definition) is 1. The maximum Gasteiger partial charge on any atom is 0.143 e. The van der Waals surface area contributed by atoms with Gasteiger partial charge in [0.2, 0.25) is 0 Å². The average Bonchev–Trinajstić information content (AvgIpc) is 2.35. The van der Waals surface area contributed by atoms with Crippen molar-refractivity contribution in [2.24, 2.45) is 0 Å². The molecule has 0 bridgehead atoms. The Kier molecular flexibility index (Phi) is 4.09. The van der Waals surface area contributed by atoms with Crippen LogP contribution in [0.3, 0.4) is 0 Å². The van der Waals surface area contributed by atoms with Crippen LogP contribution in [0.15, 0.2) is 18.2 Å². The molecule has 18 heavy (non-hydrogen) atoms. The van der Waals surface area contributed by atoms with Gasteiger partial charge in [-0.3, -0.25) is 0 Å². The van der Waals surface area contributed by atoms with E-state index in [1.54, 1.807) is 0 Å². The van der Waals surface area contributed by atoms with E-state index in [0.717, 1.165) is 36.5 Å². The van der Waals surface area contributed by atoms with Crippen molar-refractivity contribution in [2.75, 3.05) is 45.7 Å². The Balaban J connectivity index is 2.10. The fourth-order valence-corrected chi connectivity index (χ4v) is 2.13. The summed E-state index contributed by atoms with van der Waals surface area (Å²) in [6.45, 7) is 2.50. The van der Waals surface area contributed by atoms with E-state index in [1.807, 2.05) is 32.3 Å². The first kappa shape index (κ1) is 13.2. The molecule has 1 aromatic rings. The summed E-state index contributed by atoms with van der Waals surface area (Å²) in [7, 11) is 6.08. The zero-order valence-corrected chi connectivity index (χ0v) is 11.4. The fourth-order valence-electron chi connectivity index (χ4n) is 2.13. The van der Waals surface area contributed by atoms with E-state index in [9.17, 15) is 5.11 Å². The highest BCUT2D eigenvalue weighted by molar-refractivity contribution is 5.60. The molecule has 1 N–H and O–H groups in total. The third kappa shape index (κ3) is 2.94. The van der Waals surface area contributed by atoms with Crippen molar-refractivity contribution in [2.45, 2.75) is 12.5 Å². The molecule has 0 amide bonds. The summed E-state index contributed by atoms with van der Waals surface area (Å²) in [5.74, 6) is 0.880. The Morgan fingerprint density at radius 3 is 2.94 bits per heavy atom. The topological polar surface area (TPSA) is 35.9 Å². The molecule has 4 nitrogen and oxygen atoms in total. The van der Waals surface area contributed by atoms with Gasteiger partial charge in [-0.15, -0.1) is 0 Å². The highest BCUT2D eigenvalue weighted by atomic mass is 16.5. The minimum Gasteiger partial charge on any atom is -0.490 e. The lowest BCUT2D eigenvalue weighted by molar-refractivity contribution is 0.154. The molecule has 4 heteroatoms. The van der Waals surface area contributed by atoms with Crippen molar-refractivity contribution in [3.05, 3.63) is 23.8 Å². The Hall–Kier alpha value is -1.26. The summed E-state index contributed by atoms with van der Waals surface area (Å²) in [5.41, 5.74) is 2.04. The molecule has 2 rings (SSSR count). The van der Waals surface area contributed by atoms with Crippen LogP contribution in [0.2, 0.25) is 0 Å². The minimum absolute atomic E-state index is 0.423. The molecule has 1 aromatic carbocycles. The molecule has 0 fully saturated rings. The van der Waals surface area contributed by atoms with Gasteiger partial charge < -0.3 is 19.6 Å². The number of aliphatic hydroxyl groups is 1. The lowest BCUT2D eigenvalue weighted by Crippen LogP contribution is -2.28. The van der Waals surface area contributed by atoms with Crippen LogP contribution in [0.4, 0.5) is 5.69 Å².